The first kappa shape index (κ1) is 22.3. The second-order valence-corrected chi connectivity index (χ2v) is 9.19. The molecule has 0 amide bonds. The fourth-order valence-electron chi connectivity index (χ4n) is 4.16. The zero-order valence-corrected chi connectivity index (χ0v) is 20.1. The lowest BCUT2D eigenvalue weighted by atomic mass is 9.83. The van der Waals surface area contributed by atoms with Crippen LogP contribution in [0.3, 0.4) is 0 Å². The summed E-state index contributed by atoms with van der Waals surface area (Å²) in [6.07, 6.45) is 4.25. The average Bonchev–Trinajstić information content (AvgIpc) is 3.20. The van der Waals surface area contributed by atoms with Gasteiger partial charge in [0, 0.05) is 22.7 Å². The zero-order valence-electron chi connectivity index (χ0n) is 19.2. The van der Waals surface area contributed by atoms with Crippen molar-refractivity contribution in [2.75, 3.05) is 14.2 Å². The molecule has 4 rings (SSSR count). The van der Waals surface area contributed by atoms with Gasteiger partial charge in [0.15, 0.2) is 0 Å². The number of benzene rings is 2. The van der Waals surface area contributed by atoms with Gasteiger partial charge >= 0.3 is 0 Å². The van der Waals surface area contributed by atoms with E-state index in [-0.39, 0.29) is 6.04 Å². The van der Waals surface area contributed by atoms with E-state index in [2.05, 4.69) is 49.6 Å². The molecule has 1 aromatic heterocycles. The number of hydrogen-bond donors (Lipinski definition) is 0. The third-order valence-corrected chi connectivity index (χ3v) is 6.64. The highest BCUT2D eigenvalue weighted by atomic mass is 32.1. The predicted molar refractivity (Wildman–Crippen MR) is 132 cm³/mol. The SMILES string of the molecule is COc1ccc(OC)c(-c2csc(=NC(C)C)n2N=C2CCC(c3ccccc3)CC2)c1. The first-order valence-corrected chi connectivity index (χ1v) is 12.1. The quantitative estimate of drug-likeness (QED) is 0.456. The minimum Gasteiger partial charge on any atom is -0.497 e. The van der Waals surface area contributed by atoms with Gasteiger partial charge in [-0.2, -0.15) is 5.10 Å². The minimum absolute atomic E-state index is 0.189. The Morgan fingerprint density at radius 1 is 1.00 bits per heavy atom. The Morgan fingerprint density at radius 2 is 1.75 bits per heavy atom. The molecular weight excluding hydrogens is 418 g/mol. The number of hydrogen-bond acceptors (Lipinski definition) is 5. The van der Waals surface area contributed by atoms with Crippen LogP contribution >= 0.6 is 11.3 Å². The second kappa shape index (κ2) is 10.2. The van der Waals surface area contributed by atoms with Crippen LogP contribution < -0.4 is 14.3 Å². The molecule has 0 radical (unpaired) electrons. The number of methoxy groups -OCH3 is 2. The summed E-state index contributed by atoms with van der Waals surface area (Å²) in [7, 11) is 3.37. The van der Waals surface area contributed by atoms with Crippen LogP contribution in [0, 0.1) is 0 Å². The molecule has 1 aliphatic carbocycles. The Hall–Kier alpha value is -2.86. The lowest BCUT2D eigenvalue weighted by molar-refractivity contribution is 0.404. The highest BCUT2D eigenvalue weighted by Gasteiger charge is 2.21. The molecule has 0 spiro atoms. The summed E-state index contributed by atoms with van der Waals surface area (Å²) in [5.74, 6) is 2.19. The molecule has 0 atom stereocenters. The van der Waals surface area contributed by atoms with Crippen molar-refractivity contribution in [3.63, 3.8) is 0 Å². The summed E-state index contributed by atoms with van der Waals surface area (Å²) in [6.45, 7) is 4.18. The largest absolute Gasteiger partial charge is 0.497 e. The van der Waals surface area contributed by atoms with Gasteiger partial charge in [0.2, 0.25) is 4.80 Å². The standard InChI is InChI=1S/C26H31N3O2S/c1-18(2)27-26-29(24(17-32-26)23-16-22(30-3)14-15-25(23)31-4)28-21-12-10-20(11-13-21)19-8-6-5-7-9-19/h5-9,14-18,20H,10-13H2,1-4H3. The normalized spacial score (nSPS) is 17.0. The molecule has 1 aliphatic rings. The van der Waals surface area contributed by atoms with Crippen molar-refractivity contribution in [1.82, 2.24) is 4.68 Å². The van der Waals surface area contributed by atoms with Crippen LogP contribution in [0.4, 0.5) is 0 Å². The second-order valence-electron chi connectivity index (χ2n) is 8.36. The Balaban J connectivity index is 1.70. The number of aromatic nitrogens is 1. The Labute approximate surface area is 194 Å². The summed E-state index contributed by atoms with van der Waals surface area (Å²) in [4.78, 5) is 5.73. The molecule has 2 aromatic carbocycles. The molecule has 6 heteroatoms. The molecule has 1 fully saturated rings. The van der Waals surface area contributed by atoms with Crippen molar-refractivity contribution >= 4 is 17.0 Å². The van der Waals surface area contributed by atoms with E-state index in [0.29, 0.717) is 5.92 Å². The van der Waals surface area contributed by atoms with Crippen molar-refractivity contribution in [2.24, 2.45) is 10.1 Å². The number of nitrogens with zero attached hydrogens (tertiary/aromatic N) is 3. The van der Waals surface area contributed by atoms with Crippen molar-refractivity contribution in [3.8, 4) is 22.8 Å². The van der Waals surface area contributed by atoms with Crippen LogP contribution in [0.15, 0.2) is 64.0 Å². The van der Waals surface area contributed by atoms with E-state index in [0.717, 1.165) is 53.2 Å². The predicted octanol–water partition coefficient (Wildman–Crippen LogP) is 6.10. The third-order valence-electron chi connectivity index (χ3n) is 5.81. The van der Waals surface area contributed by atoms with Crippen LogP contribution in [0.1, 0.15) is 51.0 Å². The van der Waals surface area contributed by atoms with Gasteiger partial charge in [-0.15, -0.1) is 11.3 Å². The first-order chi connectivity index (χ1) is 15.6. The van der Waals surface area contributed by atoms with Gasteiger partial charge < -0.3 is 9.47 Å². The van der Waals surface area contributed by atoms with Crippen LogP contribution in [0.5, 0.6) is 11.5 Å². The topological polar surface area (TPSA) is 48.1 Å². The molecule has 5 nitrogen and oxygen atoms in total. The van der Waals surface area contributed by atoms with Gasteiger partial charge in [0.05, 0.1) is 19.9 Å². The highest BCUT2D eigenvalue weighted by Crippen LogP contribution is 2.35. The maximum Gasteiger partial charge on any atom is 0.206 e. The van der Waals surface area contributed by atoms with Crippen molar-refractivity contribution < 1.29 is 9.47 Å². The fourth-order valence-corrected chi connectivity index (χ4v) is 5.11. The van der Waals surface area contributed by atoms with Gasteiger partial charge in [-0.3, -0.25) is 4.99 Å². The summed E-state index contributed by atoms with van der Waals surface area (Å²) < 4.78 is 13.1. The van der Waals surface area contributed by atoms with E-state index in [9.17, 15) is 0 Å². The molecule has 0 saturated heterocycles. The molecule has 0 N–H and O–H groups in total. The van der Waals surface area contributed by atoms with E-state index in [1.807, 2.05) is 22.9 Å². The number of ether oxygens (including phenoxy) is 2. The van der Waals surface area contributed by atoms with Gasteiger partial charge in [-0.25, -0.2) is 4.68 Å². The molecule has 168 valence electrons. The van der Waals surface area contributed by atoms with Crippen LogP contribution in [-0.2, 0) is 0 Å². The van der Waals surface area contributed by atoms with Crippen molar-refractivity contribution in [1.29, 1.82) is 0 Å². The summed E-state index contributed by atoms with van der Waals surface area (Å²) >= 11 is 1.61. The molecule has 1 saturated carbocycles. The highest BCUT2D eigenvalue weighted by molar-refractivity contribution is 7.07. The summed E-state index contributed by atoms with van der Waals surface area (Å²) in [5, 5.41) is 7.23. The van der Waals surface area contributed by atoms with Gasteiger partial charge in [-0.05, 0) is 69.2 Å². The average molecular weight is 450 g/mol. The Morgan fingerprint density at radius 3 is 2.41 bits per heavy atom. The van der Waals surface area contributed by atoms with Crippen molar-refractivity contribution in [3.05, 3.63) is 64.3 Å². The molecule has 0 unspecified atom stereocenters. The molecule has 3 aromatic rings. The van der Waals surface area contributed by atoms with E-state index < -0.39 is 0 Å². The Bertz CT molecular complexity index is 1140. The van der Waals surface area contributed by atoms with Gasteiger partial charge in [0.1, 0.15) is 11.5 Å². The number of thiazole rings is 1. The zero-order chi connectivity index (χ0) is 22.5. The minimum atomic E-state index is 0.189. The van der Waals surface area contributed by atoms with Crippen molar-refractivity contribution in [2.45, 2.75) is 51.5 Å². The third kappa shape index (κ3) is 4.96. The smallest absolute Gasteiger partial charge is 0.206 e. The van der Waals surface area contributed by atoms with Gasteiger partial charge in [-0.1, -0.05) is 30.3 Å². The van der Waals surface area contributed by atoms with E-state index in [4.69, 9.17) is 19.6 Å². The van der Waals surface area contributed by atoms with E-state index in [1.54, 1.807) is 25.6 Å². The van der Waals surface area contributed by atoms with Crippen LogP contribution in [-0.4, -0.2) is 30.6 Å². The van der Waals surface area contributed by atoms with E-state index >= 15 is 0 Å². The lowest BCUT2D eigenvalue weighted by Crippen LogP contribution is -2.19. The molecular formula is C26H31N3O2S. The van der Waals surface area contributed by atoms with Gasteiger partial charge in [0.25, 0.3) is 0 Å². The molecule has 32 heavy (non-hydrogen) atoms. The summed E-state index contributed by atoms with van der Waals surface area (Å²) in [5.41, 5.74) is 4.59. The molecule has 1 heterocycles. The maximum absolute atomic E-state index is 5.65. The van der Waals surface area contributed by atoms with Crippen LogP contribution in [0.25, 0.3) is 11.3 Å². The molecule has 0 bridgehead atoms. The molecule has 0 aliphatic heterocycles. The Kier molecular flexibility index (Phi) is 7.10. The lowest BCUT2D eigenvalue weighted by Gasteiger charge is -2.23. The maximum atomic E-state index is 5.65. The van der Waals surface area contributed by atoms with E-state index in [1.165, 1.54) is 11.3 Å². The monoisotopic (exact) mass is 449 g/mol. The summed E-state index contributed by atoms with van der Waals surface area (Å²) in [6, 6.07) is 16.9. The fraction of sp³-hybridized carbons (Fsp3) is 0.385. The first-order valence-electron chi connectivity index (χ1n) is 11.2. The number of rotatable bonds is 6. The van der Waals surface area contributed by atoms with Crippen LogP contribution in [0.2, 0.25) is 0 Å².